The van der Waals surface area contributed by atoms with Gasteiger partial charge in [-0.25, -0.2) is 4.79 Å². The molecule has 1 unspecified atom stereocenters. The molecular formula is C15H22N2O3S. The number of esters is 1. The lowest BCUT2D eigenvalue weighted by Crippen LogP contribution is -2.39. The van der Waals surface area contributed by atoms with Gasteiger partial charge in [0, 0.05) is 25.8 Å². The molecule has 2 heterocycles. The van der Waals surface area contributed by atoms with Crippen LogP contribution in [-0.4, -0.2) is 39.4 Å². The van der Waals surface area contributed by atoms with Crippen molar-refractivity contribution in [1.82, 2.24) is 0 Å². The molecule has 0 radical (unpaired) electrons. The number of piperidine rings is 1. The van der Waals surface area contributed by atoms with Gasteiger partial charge in [-0.3, -0.25) is 0 Å². The molecule has 1 atom stereocenters. The van der Waals surface area contributed by atoms with E-state index in [1.54, 1.807) is 7.11 Å². The van der Waals surface area contributed by atoms with E-state index < -0.39 is 0 Å². The number of ether oxygens (including phenoxy) is 2. The maximum absolute atomic E-state index is 11.9. The van der Waals surface area contributed by atoms with Crippen LogP contribution >= 0.6 is 11.3 Å². The number of hydrogen-bond donors (Lipinski definition) is 1. The maximum atomic E-state index is 11.9. The lowest BCUT2D eigenvalue weighted by molar-refractivity contribution is 0.0607. The lowest BCUT2D eigenvalue weighted by atomic mass is 10.1. The minimum absolute atomic E-state index is 0.260. The van der Waals surface area contributed by atoms with Gasteiger partial charge in [0.25, 0.3) is 0 Å². The van der Waals surface area contributed by atoms with Crippen LogP contribution in [0.2, 0.25) is 0 Å². The zero-order chi connectivity index (χ0) is 15.0. The Labute approximate surface area is 129 Å². The monoisotopic (exact) mass is 310 g/mol. The molecule has 3 rings (SSSR count). The first-order chi connectivity index (χ1) is 10.2. The van der Waals surface area contributed by atoms with E-state index in [9.17, 15) is 4.79 Å². The molecule has 2 N–H and O–H groups in total. The van der Waals surface area contributed by atoms with Crippen molar-refractivity contribution >= 4 is 28.0 Å². The molecule has 5 nitrogen and oxygen atoms in total. The van der Waals surface area contributed by atoms with Crippen molar-refractivity contribution in [3.63, 3.8) is 0 Å². The highest BCUT2D eigenvalue weighted by Gasteiger charge is 2.35. The van der Waals surface area contributed by atoms with Gasteiger partial charge in [-0.2, -0.15) is 0 Å². The molecule has 21 heavy (non-hydrogen) atoms. The maximum Gasteiger partial charge on any atom is 0.350 e. The lowest BCUT2D eigenvalue weighted by Gasteiger charge is -2.33. The number of anilines is 2. The third-order valence-corrected chi connectivity index (χ3v) is 5.58. The van der Waals surface area contributed by atoms with Crippen molar-refractivity contribution in [2.45, 2.75) is 37.7 Å². The van der Waals surface area contributed by atoms with Crippen molar-refractivity contribution in [2.75, 3.05) is 37.9 Å². The van der Waals surface area contributed by atoms with Gasteiger partial charge in [0.1, 0.15) is 4.88 Å². The van der Waals surface area contributed by atoms with E-state index in [2.05, 4.69) is 4.90 Å². The first kappa shape index (κ1) is 14.7. The zero-order valence-corrected chi connectivity index (χ0v) is 13.4. The van der Waals surface area contributed by atoms with Crippen LogP contribution in [0.25, 0.3) is 0 Å². The Hall–Kier alpha value is -1.27. The molecule has 2 fully saturated rings. The predicted molar refractivity (Wildman–Crippen MR) is 84.3 cm³/mol. The fourth-order valence-corrected chi connectivity index (χ4v) is 4.27. The van der Waals surface area contributed by atoms with Crippen molar-refractivity contribution in [3.8, 4) is 0 Å². The van der Waals surface area contributed by atoms with E-state index in [4.69, 9.17) is 15.2 Å². The van der Waals surface area contributed by atoms with E-state index in [0.29, 0.717) is 16.5 Å². The summed E-state index contributed by atoms with van der Waals surface area (Å²) >= 11 is 1.48. The zero-order valence-electron chi connectivity index (χ0n) is 12.6. The summed E-state index contributed by atoms with van der Waals surface area (Å²) in [5.41, 5.74) is 8.04. The topological polar surface area (TPSA) is 64.8 Å². The summed E-state index contributed by atoms with van der Waals surface area (Å²) < 4.78 is 10.4. The van der Waals surface area contributed by atoms with Crippen molar-refractivity contribution < 1.29 is 14.3 Å². The average molecular weight is 310 g/mol. The Kier molecular flexibility index (Phi) is 4.08. The van der Waals surface area contributed by atoms with E-state index >= 15 is 0 Å². The predicted octanol–water partition coefficient (Wildman–Crippen LogP) is 2.61. The van der Waals surface area contributed by atoms with Crippen LogP contribution in [0, 0.1) is 0 Å². The third-order valence-electron chi connectivity index (χ3n) is 4.32. The number of hydrogen-bond acceptors (Lipinski definition) is 6. The number of thiophene rings is 1. The van der Waals surface area contributed by atoms with E-state index in [0.717, 1.165) is 49.3 Å². The molecule has 0 amide bonds. The number of nitrogen functional groups attached to an aromatic ring is 1. The third kappa shape index (κ3) is 2.74. The molecule has 1 saturated heterocycles. The van der Waals surface area contributed by atoms with Gasteiger partial charge in [-0.05, 0) is 31.6 Å². The summed E-state index contributed by atoms with van der Waals surface area (Å²) in [7, 11) is 3.17. The Morgan fingerprint density at radius 1 is 1.33 bits per heavy atom. The number of carbonyl (C=O) groups is 1. The molecule has 0 aromatic carbocycles. The van der Waals surface area contributed by atoms with E-state index in [1.807, 2.05) is 0 Å². The fraction of sp³-hybridized carbons (Fsp3) is 0.667. The molecule has 1 saturated carbocycles. The molecular weight excluding hydrogens is 288 g/mol. The van der Waals surface area contributed by atoms with Crippen LogP contribution in [-0.2, 0) is 9.47 Å². The van der Waals surface area contributed by atoms with Crippen LogP contribution in [0.1, 0.15) is 46.8 Å². The molecule has 0 bridgehead atoms. The average Bonchev–Trinajstić information content (AvgIpc) is 3.29. The summed E-state index contributed by atoms with van der Waals surface area (Å²) in [4.78, 5) is 14.8. The first-order valence-electron chi connectivity index (χ1n) is 7.44. The highest BCUT2D eigenvalue weighted by molar-refractivity contribution is 7.18. The molecule has 1 aromatic heterocycles. The van der Waals surface area contributed by atoms with Gasteiger partial charge in [-0.1, -0.05) is 0 Å². The van der Waals surface area contributed by atoms with Crippen LogP contribution in [0.15, 0.2) is 0 Å². The molecule has 0 spiro atoms. The minimum Gasteiger partial charge on any atom is -0.465 e. The van der Waals surface area contributed by atoms with E-state index in [1.165, 1.54) is 18.4 Å². The summed E-state index contributed by atoms with van der Waals surface area (Å²) in [6.07, 6.45) is 4.78. The van der Waals surface area contributed by atoms with Crippen LogP contribution < -0.4 is 10.6 Å². The van der Waals surface area contributed by atoms with E-state index in [-0.39, 0.29) is 12.1 Å². The molecule has 2 aliphatic rings. The second kappa shape index (κ2) is 5.85. The highest BCUT2D eigenvalue weighted by atomic mass is 32.1. The van der Waals surface area contributed by atoms with Crippen LogP contribution in [0.3, 0.4) is 0 Å². The number of methoxy groups -OCH3 is 2. The van der Waals surface area contributed by atoms with Crippen molar-refractivity contribution in [1.29, 1.82) is 0 Å². The summed E-state index contributed by atoms with van der Waals surface area (Å²) in [5.74, 6) is 0.184. The van der Waals surface area contributed by atoms with Crippen LogP contribution in [0.4, 0.5) is 10.7 Å². The molecule has 6 heteroatoms. The fourth-order valence-electron chi connectivity index (χ4n) is 3.00. The summed E-state index contributed by atoms with van der Waals surface area (Å²) in [6.45, 7) is 1.87. The van der Waals surface area contributed by atoms with Gasteiger partial charge < -0.3 is 20.1 Å². The highest BCUT2D eigenvalue weighted by Crippen LogP contribution is 2.52. The van der Waals surface area contributed by atoms with Gasteiger partial charge in [-0.15, -0.1) is 11.3 Å². The number of nitrogens with two attached hydrogens (primary N) is 1. The molecule has 1 aliphatic carbocycles. The number of nitrogens with zero attached hydrogens (tertiary/aromatic N) is 1. The van der Waals surface area contributed by atoms with Gasteiger partial charge >= 0.3 is 5.97 Å². The Morgan fingerprint density at radius 2 is 2.10 bits per heavy atom. The second-order valence-electron chi connectivity index (χ2n) is 5.78. The largest absolute Gasteiger partial charge is 0.465 e. The van der Waals surface area contributed by atoms with Crippen molar-refractivity contribution in [3.05, 3.63) is 10.4 Å². The Balaban J connectivity index is 1.95. The summed E-state index contributed by atoms with van der Waals surface area (Å²) in [5, 5.41) is 1.15. The quantitative estimate of drug-likeness (QED) is 0.866. The molecule has 116 valence electrons. The van der Waals surface area contributed by atoms with Gasteiger partial charge in [0.2, 0.25) is 0 Å². The summed E-state index contributed by atoms with van der Waals surface area (Å²) in [6, 6.07) is 0. The standard InChI is InChI=1S/C15H22N2O3S/c1-19-10-4-3-7-17(8-10)14-11(9-5-6-9)12(16)13(21-14)15(18)20-2/h9-10H,3-8,16H2,1-2H3. The number of rotatable bonds is 4. The molecule has 1 aromatic rings. The first-order valence-corrected chi connectivity index (χ1v) is 8.25. The SMILES string of the molecule is COC(=O)c1sc(N2CCCC(OC)C2)c(C2CC2)c1N. The van der Waals surface area contributed by atoms with Crippen LogP contribution in [0.5, 0.6) is 0 Å². The van der Waals surface area contributed by atoms with Gasteiger partial charge in [0.15, 0.2) is 0 Å². The number of carbonyl (C=O) groups excluding carboxylic acids is 1. The molecule has 1 aliphatic heterocycles. The van der Waals surface area contributed by atoms with Gasteiger partial charge in [0.05, 0.1) is 23.9 Å². The Bertz CT molecular complexity index is 539. The Morgan fingerprint density at radius 3 is 2.71 bits per heavy atom. The van der Waals surface area contributed by atoms with Crippen molar-refractivity contribution in [2.24, 2.45) is 0 Å². The second-order valence-corrected chi connectivity index (χ2v) is 6.77. The minimum atomic E-state index is -0.328. The normalized spacial score (nSPS) is 22.4. The smallest absolute Gasteiger partial charge is 0.350 e.